The van der Waals surface area contributed by atoms with Crippen LogP contribution in [0, 0.1) is 6.92 Å². The molecule has 0 aliphatic carbocycles. The van der Waals surface area contributed by atoms with Crippen LogP contribution >= 0.6 is 50.7 Å². The predicted octanol–water partition coefficient (Wildman–Crippen LogP) is 21.0. The van der Waals surface area contributed by atoms with Crippen molar-refractivity contribution in [2.75, 3.05) is 7.11 Å². The molecule has 0 N–H and O–H groups in total. The van der Waals surface area contributed by atoms with E-state index in [9.17, 15) is 52.7 Å². The van der Waals surface area contributed by atoms with Crippen LogP contribution in [-0.2, 0) is 18.5 Å². The SMILES string of the molecule is CC(C)c1cc(Br)cc(OC(F)(F)F)c1.CC(C)c1cc(C(F)(F)F)ccc1Cl.CC(C)c1cc(Cl)cc(Cl)c1.COc1cc(C(C)C)cc(C(F)(F)F)c1.Cc1ccc(C(F)(F)F)cc1C(C)C. The highest BCUT2D eigenvalue weighted by atomic mass is 79.9. The van der Waals surface area contributed by atoms with Crippen LogP contribution in [0.1, 0.15) is 149 Å². The molecule has 2 nitrogen and oxygen atoms in total. The van der Waals surface area contributed by atoms with Crippen molar-refractivity contribution >= 4 is 50.7 Å². The lowest BCUT2D eigenvalue weighted by atomic mass is 9.96. The molecule has 0 saturated carbocycles. The Morgan fingerprint density at radius 1 is 0.435 bits per heavy atom. The minimum Gasteiger partial charge on any atom is -0.497 e. The summed E-state index contributed by atoms with van der Waals surface area (Å²) < 4.78 is 157. The second-order valence-electron chi connectivity index (χ2n) is 17.0. The van der Waals surface area contributed by atoms with Gasteiger partial charge in [0, 0.05) is 19.5 Å². The van der Waals surface area contributed by atoms with Gasteiger partial charge in [0.2, 0.25) is 0 Å². The van der Waals surface area contributed by atoms with E-state index in [0.717, 1.165) is 47.0 Å². The summed E-state index contributed by atoms with van der Waals surface area (Å²) in [5.74, 6) is 0.835. The van der Waals surface area contributed by atoms with Crippen molar-refractivity contribution < 1.29 is 62.2 Å². The Balaban J connectivity index is 0.000000433. The monoisotopic (exact) mass is 1110 g/mol. The summed E-state index contributed by atoms with van der Waals surface area (Å²) in [6, 6.07) is 21.2. The van der Waals surface area contributed by atoms with Crippen molar-refractivity contribution in [1.82, 2.24) is 0 Å². The lowest BCUT2D eigenvalue weighted by Crippen LogP contribution is -2.17. The number of alkyl halides is 12. The Morgan fingerprint density at radius 3 is 1.25 bits per heavy atom. The molecule has 18 heteroatoms. The zero-order valence-electron chi connectivity index (χ0n) is 39.9. The smallest absolute Gasteiger partial charge is 0.497 e. The third kappa shape index (κ3) is 23.3. The fourth-order valence-corrected chi connectivity index (χ4v) is 7.23. The minimum atomic E-state index is -4.64. The summed E-state index contributed by atoms with van der Waals surface area (Å²) >= 11 is 20.5. The third-order valence-electron chi connectivity index (χ3n) is 9.68. The molecule has 5 rings (SSSR count). The van der Waals surface area contributed by atoms with E-state index in [-0.39, 0.29) is 35.2 Å². The standard InChI is InChI=1S/C11H13F3O.C11H13F3.C10H10BrF3O.C10H10ClF3.C9H10Cl2/c1-7(2)8-4-9(11(12,13)14)6-10(5-8)15-3;1-7(2)10-6-9(11(12,13)14)5-4-8(10)3;1-6(2)7-3-8(11)5-9(4-7)15-10(12,13)14;1-6(2)8-5-7(10(12,13)14)3-4-9(8)11;1-6(2)7-3-8(10)5-9(11)4-7/h4-7H,1-3H3;4-7H,1-3H3;3-6H,1-2H3;3-6H,1-2H3;3-6H,1-2H3. The maximum Gasteiger partial charge on any atom is 0.573 e. The molecular formula is C51H56BrCl3F12O2. The zero-order valence-corrected chi connectivity index (χ0v) is 43.8. The molecule has 5 aromatic rings. The van der Waals surface area contributed by atoms with E-state index >= 15 is 0 Å². The molecule has 384 valence electrons. The second-order valence-corrected chi connectivity index (χ2v) is 19.2. The highest BCUT2D eigenvalue weighted by Gasteiger charge is 2.34. The molecule has 0 unspecified atom stereocenters. The van der Waals surface area contributed by atoms with Gasteiger partial charge >= 0.3 is 24.9 Å². The van der Waals surface area contributed by atoms with Gasteiger partial charge in [-0.2, -0.15) is 39.5 Å². The van der Waals surface area contributed by atoms with Crippen LogP contribution in [0.2, 0.25) is 15.1 Å². The van der Waals surface area contributed by atoms with Crippen LogP contribution in [-0.4, -0.2) is 13.5 Å². The number of benzene rings is 5. The number of ether oxygens (including phenoxy) is 2. The van der Waals surface area contributed by atoms with E-state index in [4.69, 9.17) is 39.5 Å². The fourth-order valence-electron chi connectivity index (χ4n) is 5.86. The van der Waals surface area contributed by atoms with Gasteiger partial charge in [-0.1, -0.05) is 126 Å². The van der Waals surface area contributed by atoms with Crippen molar-refractivity contribution in [1.29, 1.82) is 0 Å². The quantitative estimate of drug-likeness (QED) is 0.151. The molecule has 0 spiro atoms. The van der Waals surface area contributed by atoms with E-state index in [0.29, 0.717) is 36.6 Å². The zero-order chi connectivity index (χ0) is 53.6. The summed E-state index contributed by atoms with van der Waals surface area (Å²) in [5.41, 5.74) is 2.94. The Bertz CT molecular complexity index is 2280. The van der Waals surface area contributed by atoms with Crippen molar-refractivity contribution in [3.63, 3.8) is 0 Å². The van der Waals surface area contributed by atoms with Crippen LogP contribution in [0.4, 0.5) is 52.7 Å². The molecule has 0 heterocycles. The first-order valence-corrected chi connectivity index (χ1v) is 23.1. The van der Waals surface area contributed by atoms with Crippen molar-refractivity contribution in [2.45, 2.75) is 131 Å². The van der Waals surface area contributed by atoms with Gasteiger partial charge in [0.15, 0.2) is 0 Å². The largest absolute Gasteiger partial charge is 0.573 e. The third-order valence-corrected chi connectivity index (χ3v) is 10.9. The molecule has 0 radical (unpaired) electrons. The van der Waals surface area contributed by atoms with Gasteiger partial charge in [-0.05, 0) is 155 Å². The molecule has 5 aromatic carbocycles. The maximum absolute atomic E-state index is 12.5. The van der Waals surface area contributed by atoms with Gasteiger partial charge in [-0.3, -0.25) is 0 Å². The van der Waals surface area contributed by atoms with Crippen LogP contribution in [0.25, 0.3) is 0 Å². The summed E-state index contributed by atoms with van der Waals surface area (Å²) in [4.78, 5) is 0. The molecule has 69 heavy (non-hydrogen) atoms. The topological polar surface area (TPSA) is 18.5 Å². The van der Waals surface area contributed by atoms with Crippen LogP contribution in [0.3, 0.4) is 0 Å². The number of rotatable bonds is 7. The first-order chi connectivity index (χ1) is 31.4. The van der Waals surface area contributed by atoms with Crippen molar-refractivity contribution in [3.8, 4) is 11.5 Å². The highest BCUT2D eigenvalue weighted by molar-refractivity contribution is 9.10. The van der Waals surface area contributed by atoms with Gasteiger partial charge in [0.05, 0.1) is 23.8 Å². The Morgan fingerprint density at radius 2 is 0.841 bits per heavy atom. The van der Waals surface area contributed by atoms with E-state index in [2.05, 4.69) is 34.5 Å². The molecule has 0 fully saturated rings. The number of aryl methyl sites for hydroxylation is 1. The lowest BCUT2D eigenvalue weighted by molar-refractivity contribution is -0.274. The minimum absolute atomic E-state index is 0.00944. The summed E-state index contributed by atoms with van der Waals surface area (Å²) in [6.07, 6.45) is -17.5. The van der Waals surface area contributed by atoms with Gasteiger partial charge < -0.3 is 9.47 Å². The van der Waals surface area contributed by atoms with Crippen molar-refractivity contribution in [3.05, 3.63) is 161 Å². The maximum atomic E-state index is 12.5. The molecule has 0 aliphatic rings. The molecular weight excluding hydrogens is 1060 g/mol. The number of hydrogen-bond acceptors (Lipinski definition) is 2. The lowest BCUT2D eigenvalue weighted by Gasteiger charge is -2.13. The van der Waals surface area contributed by atoms with Gasteiger partial charge in [0.1, 0.15) is 11.5 Å². The van der Waals surface area contributed by atoms with E-state index in [1.807, 2.05) is 60.6 Å². The fraction of sp³-hybridized carbons (Fsp3) is 0.412. The number of halogens is 16. The predicted molar refractivity (Wildman–Crippen MR) is 258 cm³/mol. The van der Waals surface area contributed by atoms with Crippen LogP contribution in [0.5, 0.6) is 11.5 Å². The van der Waals surface area contributed by atoms with E-state index < -0.39 is 41.6 Å². The molecule has 0 saturated heterocycles. The van der Waals surface area contributed by atoms with Gasteiger partial charge in [-0.15, -0.1) is 13.2 Å². The molecule has 0 aromatic heterocycles. The van der Waals surface area contributed by atoms with Crippen LogP contribution in [0.15, 0.2) is 95.5 Å². The van der Waals surface area contributed by atoms with Gasteiger partial charge in [-0.25, -0.2) is 0 Å². The Hall–Kier alpha value is -3.79. The first kappa shape index (κ1) is 63.2. The highest BCUT2D eigenvalue weighted by Crippen LogP contribution is 2.37. The molecule has 0 amide bonds. The average Bonchev–Trinajstić information content (AvgIpc) is 3.19. The summed E-state index contributed by atoms with van der Waals surface area (Å²) in [5, 5.41) is 1.80. The van der Waals surface area contributed by atoms with Gasteiger partial charge in [0.25, 0.3) is 0 Å². The van der Waals surface area contributed by atoms with Crippen molar-refractivity contribution in [2.24, 2.45) is 0 Å². The number of methoxy groups -OCH3 is 1. The Kier molecular flexibility index (Phi) is 24.9. The first-order valence-electron chi connectivity index (χ1n) is 21.2. The van der Waals surface area contributed by atoms with E-state index in [1.54, 1.807) is 32.0 Å². The average molecular weight is 1120 g/mol. The second kappa shape index (κ2) is 27.1. The van der Waals surface area contributed by atoms with Crippen LogP contribution < -0.4 is 9.47 Å². The molecule has 0 aliphatic heterocycles. The molecule has 0 atom stereocenters. The van der Waals surface area contributed by atoms with E-state index in [1.165, 1.54) is 43.0 Å². The normalized spacial score (nSPS) is 11.8. The Labute approximate surface area is 420 Å². The molecule has 0 bridgehead atoms. The summed E-state index contributed by atoms with van der Waals surface area (Å²) in [7, 11) is 1.36. The number of hydrogen-bond donors (Lipinski definition) is 0. The summed E-state index contributed by atoms with van der Waals surface area (Å²) in [6.45, 7) is 20.9.